The Labute approximate surface area is 186 Å². The number of carbonyl (C=O) groups is 2. The quantitative estimate of drug-likeness (QED) is 0.582. The van der Waals surface area contributed by atoms with E-state index in [2.05, 4.69) is 24.1 Å². The summed E-state index contributed by atoms with van der Waals surface area (Å²) in [6.45, 7) is 1.78. The third-order valence-corrected chi connectivity index (χ3v) is 6.76. The van der Waals surface area contributed by atoms with Crippen LogP contribution >= 0.6 is 0 Å². The topological polar surface area (TPSA) is 85.3 Å². The summed E-state index contributed by atoms with van der Waals surface area (Å²) in [5.41, 5.74) is 2.61. The Bertz CT molecular complexity index is 1110. The number of nitrogens with zero attached hydrogens (tertiary/aromatic N) is 1. The van der Waals surface area contributed by atoms with Gasteiger partial charge in [-0.2, -0.15) is 0 Å². The first-order valence-corrected chi connectivity index (χ1v) is 10.7. The molecule has 3 atom stereocenters. The number of esters is 1. The van der Waals surface area contributed by atoms with Crippen LogP contribution in [0, 0.1) is 0 Å². The maximum Gasteiger partial charge on any atom is 0.338 e. The number of methoxy groups -OCH3 is 1. The van der Waals surface area contributed by atoms with Crippen molar-refractivity contribution in [1.82, 2.24) is 4.90 Å². The van der Waals surface area contributed by atoms with E-state index in [4.69, 9.17) is 19.3 Å². The molecule has 1 spiro atoms. The number of benzene rings is 2. The highest BCUT2D eigenvalue weighted by atomic mass is 16.6. The molecule has 0 amide bonds. The van der Waals surface area contributed by atoms with Crippen LogP contribution in [0.25, 0.3) is 0 Å². The van der Waals surface area contributed by atoms with Crippen molar-refractivity contribution in [1.29, 1.82) is 0 Å². The van der Waals surface area contributed by atoms with Gasteiger partial charge in [-0.25, -0.2) is 9.59 Å². The van der Waals surface area contributed by atoms with Crippen LogP contribution < -0.4 is 9.47 Å². The Morgan fingerprint density at radius 3 is 2.62 bits per heavy atom. The van der Waals surface area contributed by atoms with Gasteiger partial charge in [-0.3, -0.25) is 0 Å². The van der Waals surface area contributed by atoms with Gasteiger partial charge in [0.15, 0.2) is 11.5 Å². The van der Waals surface area contributed by atoms with E-state index < -0.39 is 18.0 Å². The molecule has 0 fully saturated rings. The van der Waals surface area contributed by atoms with E-state index >= 15 is 0 Å². The molecule has 7 nitrogen and oxygen atoms in total. The lowest BCUT2D eigenvalue weighted by Gasteiger charge is -2.36. The van der Waals surface area contributed by atoms with Crippen LogP contribution in [0.1, 0.15) is 44.7 Å². The van der Waals surface area contributed by atoms with Gasteiger partial charge in [0.25, 0.3) is 0 Å². The Morgan fingerprint density at radius 1 is 1.16 bits per heavy atom. The van der Waals surface area contributed by atoms with Crippen LogP contribution in [0.2, 0.25) is 0 Å². The molecule has 3 aliphatic rings. The first kappa shape index (κ1) is 20.6. The second-order valence-electron chi connectivity index (χ2n) is 8.69. The summed E-state index contributed by atoms with van der Waals surface area (Å²) >= 11 is 0. The van der Waals surface area contributed by atoms with E-state index in [1.165, 1.54) is 35.4 Å². The van der Waals surface area contributed by atoms with Gasteiger partial charge < -0.3 is 24.2 Å². The van der Waals surface area contributed by atoms with E-state index in [-0.39, 0.29) is 17.1 Å². The van der Waals surface area contributed by atoms with Crippen molar-refractivity contribution in [2.75, 3.05) is 20.7 Å². The van der Waals surface area contributed by atoms with E-state index in [0.717, 1.165) is 31.0 Å². The second kappa shape index (κ2) is 7.67. The van der Waals surface area contributed by atoms with Gasteiger partial charge in [0.2, 0.25) is 0 Å². The molecule has 2 aliphatic heterocycles. The number of carbonyl (C=O) groups excluding carboxylic acids is 1. The highest BCUT2D eigenvalue weighted by Gasteiger charge is 2.53. The first-order valence-electron chi connectivity index (χ1n) is 10.7. The molecule has 0 saturated heterocycles. The molecule has 1 N–H and O–H groups in total. The molecule has 0 radical (unpaired) electrons. The molecule has 5 rings (SSSR count). The molecular formula is C25H25NO6. The molecule has 32 heavy (non-hydrogen) atoms. The van der Waals surface area contributed by atoms with E-state index in [1.807, 2.05) is 12.1 Å². The van der Waals surface area contributed by atoms with Crippen molar-refractivity contribution in [2.45, 2.75) is 37.0 Å². The van der Waals surface area contributed by atoms with Crippen molar-refractivity contribution >= 4 is 11.9 Å². The molecule has 7 heteroatoms. The van der Waals surface area contributed by atoms with Crippen molar-refractivity contribution in [3.05, 3.63) is 70.8 Å². The maximum absolute atomic E-state index is 12.6. The lowest BCUT2D eigenvalue weighted by Crippen LogP contribution is -2.43. The summed E-state index contributed by atoms with van der Waals surface area (Å²) < 4.78 is 17.8. The zero-order valence-electron chi connectivity index (χ0n) is 18.0. The molecule has 1 aliphatic carbocycles. The summed E-state index contributed by atoms with van der Waals surface area (Å²) in [6, 6.07) is 9.82. The zero-order valence-corrected chi connectivity index (χ0v) is 18.0. The van der Waals surface area contributed by atoms with Crippen LogP contribution in [0.5, 0.6) is 11.5 Å². The molecule has 2 aromatic rings. The number of aromatic carboxylic acids is 1. The molecule has 0 bridgehead atoms. The standard InChI is InChI=1S/C25H25NO6/c1-26-12-11-25-10-9-18(31-24(29)16-5-3-15(4-6-16)23(27)28)13-20(25)32-22-19(30-2)8-7-17(14-26)21(22)25/h3-10,18,20H,11-14H2,1-2H3,(H,27,28)/t18-,20-,25-/m0/s1. The number of carboxylic acids is 1. The minimum absolute atomic E-state index is 0.126. The molecule has 0 aromatic heterocycles. The smallest absolute Gasteiger partial charge is 0.338 e. The molecular weight excluding hydrogens is 410 g/mol. The Hall–Kier alpha value is -3.32. The maximum atomic E-state index is 12.6. The van der Waals surface area contributed by atoms with Gasteiger partial charge in [0.05, 0.1) is 23.7 Å². The molecule has 2 heterocycles. The van der Waals surface area contributed by atoms with Crippen LogP contribution in [0.4, 0.5) is 0 Å². The number of ether oxygens (including phenoxy) is 3. The SMILES string of the molecule is COc1ccc2c3c1O[C@H]1C[C@@H](OC(=O)c4ccc(C(=O)O)cc4)C=C[C@@]31CCN(C)C2. The summed E-state index contributed by atoms with van der Waals surface area (Å²) in [5.74, 6) is 0.00266. The summed E-state index contributed by atoms with van der Waals surface area (Å²) in [5, 5.41) is 9.03. The molecule has 0 saturated carbocycles. The van der Waals surface area contributed by atoms with Crippen LogP contribution in [-0.4, -0.2) is 54.9 Å². The first-order chi connectivity index (χ1) is 15.4. The average molecular weight is 435 g/mol. The zero-order chi connectivity index (χ0) is 22.5. The number of hydrogen-bond donors (Lipinski definition) is 1. The number of rotatable bonds is 4. The lowest BCUT2D eigenvalue weighted by molar-refractivity contribution is 0.0217. The summed E-state index contributed by atoms with van der Waals surface area (Å²) in [6.07, 6.45) is 4.98. The predicted octanol–water partition coefficient (Wildman–Crippen LogP) is 3.41. The second-order valence-corrected chi connectivity index (χ2v) is 8.69. The van der Waals surface area contributed by atoms with Crippen LogP contribution in [0.3, 0.4) is 0 Å². The van der Waals surface area contributed by atoms with Crippen LogP contribution in [-0.2, 0) is 16.7 Å². The summed E-state index contributed by atoms with van der Waals surface area (Å²) in [4.78, 5) is 26.0. The summed E-state index contributed by atoms with van der Waals surface area (Å²) in [7, 11) is 3.77. The Morgan fingerprint density at radius 2 is 1.91 bits per heavy atom. The fraction of sp³-hybridized carbons (Fsp3) is 0.360. The minimum atomic E-state index is -1.03. The minimum Gasteiger partial charge on any atom is -0.493 e. The van der Waals surface area contributed by atoms with E-state index in [0.29, 0.717) is 12.0 Å². The average Bonchev–Trinajstić information content (AvgIpc) is 3.05. The van der Waals surface area contributed by atoms with Gasteiger partial charge in [0, 0.05) is 18.5 Å². The lowest BCUT2D eigenvalue weighted by atomic mass is 9.69. The van der Waals surface area contributed by atoms with Gasteiger partial charge in [0.1, 0.15) is 12.2 Å². The van der Waals surface area contributed by atoms with Gasteiger partial charge in [-0.1, -0.05) is 12.1 Å². The van der Waals surface area contributed by atoms with Crippen molar-refractivity contribution < 1.29 is 28.9 Å². The largest absolute Gasteiger partial charge is 0.493 e. The van der Waals surface area contributed by atoms with Gasteiger partial charge in [-0.15, -0.1) is 0 Å². The number of carboxylic acid groups (broad SMARTS) is 1. The highest BCUT2D eigenvalue weighted by Crippen LogP contribution is 2.55. The third kappa shape index (κ3) is 3.24. The highest BCUT2D eigenvalue weighted by molar-refractivity contribution is 5.92. The van der Waals surface area contributed by atoms with Crippen molar-refractivity contribution in [3.63, 3.8) is 0 Å². The monoisotopic (exact) mass is 435 g/mol. The normalized spacial score (nSPS) is 25.8. The van der Waals surface area contributed by atoms with Crippen molar-refractivity contribution in [2.24, 2.45) is 0 Å². The number of hydrogen-bond acceptors (Lipinski definition) is 6. The predicted molar refractivity (Wildman–Crippen MR) is 116 cm³/mol. The molecule has 166 valence electrons. The Balaban J connectivity index is 1.41. The van der Waals surface area contributed by atoms with Gasteiger partial charge in [-0.05, 0) is 62.0 Å². The third-order valence-electron chi connectivity index (χ3n) is 6.76. The molecule has 2 aromatic carbocycles. The fourth-order valence-corrected chi connectivity index (χ4v) is 5.11. The van der Waals surface area contributed by atoms with E-state index in [1.54, 1.807) is 7.11 Å². The van der Waals surface area contributed by atoms with Gasteiger partial charge >= 0.3 is 11.9 Å². The molecule has 0 unspecified atom stereocenters. The van der Waals surface area contributed by atoms with Crippen molar-refractivity contribution in [3.8, 4) is 11.5 Å². The van der Waals surface area contributed by atoms with Crippen LogP contribution in [0.15, 0.2) is 48.6 Å². The Kier molecular flexibility index (Phi) is 4.93. The van der Waals surface area contributed by atoms with E-state index in [9.17, 15) is 9.59 Å². The fourth-order valence-electron chi connectivity index (χ4n) is 5.11.